The lowest BCUT2D eigenvalue weighted by atomic mass is 10.1. The number of nitrogens with zero attached hydrogens (tertiary/aromatic N) is 1. The second-order valence-corrected chi connectivity index (χ2v) is 5.17. The van der Waals surface area contributed by atoms with Gasteiger partial charge in [0.25, 0.3) is 5.91 Å². The Kier molecular flexibility index (Phi) is 4.91. The van der Waals surface area contributed by atoms with E-state index in [4.69, 9.17) is 9.15 Å². The number of pyridine rings is 1. The van der Waals surface area contributed by atoms with Crippen LogP contribution in [0.5, 0.6) is 5.75 Å². The van der Waals surface area contributed by atoms with E-state index in [1.807, 2.05) is 37.3 Å². The second kappa shape index (κ2) is 7.46. The van der Waals surface area contributed by atoms with Gasteiger partial charge in [-0.1, -0.05) is 12.1 Å². The summed E-state index contributed by atoms with van der Waals surface area (Å²) in [5.41, 5.74) is 2.29. The standard InChI is InChI=1S/C19H18N2O3/c1-2-23-18-7-4-3-6-16(18)19(22)21-12-14-10-15(13-20-11-14)17-8-5-9-24-17/h3-11,13H,2,12H2,1H3,(H,21,22). The summed E-state index contributed by atoms with van der Waals surface area (Å²) in [5, 5.41) is 2.90. The average Bonchev–Trinajstić information content (AvgIpc) is 3.15. The Labute approximate surface area is 140 Å². The van der Waals surface area contributed by atoms with Crippen LogP contribution in [-0.4, -0.2) is 17.5 Å². The van der Waals surface area contributed by atoms with Crippen molar-refractivity contribution in [3.8, 4) is 17.1 Å². The summed E-state index contributed by atoms with van der Waals surface area (Å²) in [5.74, 6) is 1.15. The third-order valence-electron chi connectivity index (χ3n) is 3.49. The van der Waals surface area contributed by atoms with Gasteiger partial charge in [-0.2, -0.15) is 0 Å². The number of furan rings is 1. The SMILES string of the molecule is CCOc1ccccc1C(=O)NCc1cncc(-c2ccco2)c1. The summed E-state index contributed by atoms with van der Waals surface area (Å²) in [7, 11) is 0. The average molecular weight is 322 g/mol. The van der Waals surface area contributed by atoms with Gasteiger partial charge in [-0.15, -0.1) is 0 Å². The first kappa shape index (κ1) is 15.8. The molecule has 0 aliphatic carbocycles. The van der Waals surface area contributed by atoms with Gasteiger partial charge >= 0.3 is 0 Å². The van der Waals surface area contributed by atoms with Crippen molar-refractivity contribution in [1.82, 2.24) is 10.3 Å². The zero-order valence-electron chi connectivity index (χ0n) is 13.4. The van der Waals surface area contributed by atoms with Gasteiger partial charge in [0.1, 0.15) is 11.5 Å². The van der Waals surface area contributed by atoms with Crippen LogP contribution in [0.25, 0.3) is 11.3 Å². The van der Waals surface area contributed by atoms with Gasteiger partial charge in [-0.25, -0.2) is 0 Å². The van der Waals surface area contributed by atoms with Gasteiger partial charge in [0.05, 0.1) is 18.4 Å². The molecule has 0 aliphatic rings. The number of carbonyl (C=O) groups excluding carboxylic acids is 1. The number of para-hydroxylation sites is 1. The van der Waals surface area contributed by atoms with Crippen LogP contribution in [0.15, 0.2) is 65.5 Å². The Morgan fingerprint density at radius 1 is 1.21 bits per heavy atom. The monoisotopic (exact) mass is 322 g/mol. The van der Waals surface area contributed by atoms with Crippen LogP contribution in [0, 0.1) is 0 Å². The van der Waals surface area contributed by atoms with Crippen LogP contribution in [0.3, 0.4) is 0 Å². The summed E-state index contributed by atoms with van der Waals surface area (Å²) in [6.45, 7) is 2.78. The fraction of sp³-hybridized carbons (Fsp3) is 0.158. The first-order valence-electron chi connectivity index (χ1n) is 7.75. The van der Waals surface area contributed by atoms with E-state index in [1.54, 1.807) is 30.8 Å². The van der Waals surface area contributed by atoms with Crippen molar-refractivity contribution < 1.29 is 13.9 Å². The van der Waals surface area contributed by atoms with E-state index in [0.29, 0.717) is 24.5 Å². The maximum atomic E-state index is 12.4. The van der Waals surface area contributed by atoms with E-state index in [-0.39, 0.29) is 5.91 Å². The lowest BCUT2D eigenvalue weighted by Gasteiger charge is -2.10. The highest BCUT2D eigenvalue weighted by molar-refractivity contribution is 5.96. The Morgan fingerprint density at radius 3 is 2.88 bits per heavy atom. The second-order valence-electron chi connectivity index (χ2n) is 5.17. The van der Waals surface area contributed by atoms with E-state index in [9.17, 15) is 4.79 Å². The first-order valence-corrected chi connectivity index (χ1v) is 7.75. The van der Waals surface area contributed by atoms with E-state index >= 15 is 0 Å². The molecule has 0 fully saturated rings. The number of benzene rings is 1. The topological polar surface area (TPSA) is 64.4 Å². The minimum Gasteiger partial charge on any atom is -0.493 e. The van der Waals surface area contributed by atoms with Crippen molar-refractivity contribution in [3.63, 3.8) is 0 Å². The molecule has 1 amide bonds. The molecular weight excluding hydrogens is 304 g/mol. The number of hydrogen-bond acceptors (Lipinski definition) is 4. The van der Waals surface area contributed by atoms with Crippen LogP contribution >= 0.6 is 0 Å². The molecule has 0 atom stereocenters. The molecule has 0 unspecified atom stereocenters. The molecule has 0 aliphatic heterocycles. The van der Waals surface area contributed by atoms with Crippen molar-refractivity contribution in [2.75, 3.05) is 6.61 Å². The Morgan fingerprint density at radius 2 is 2.08 bits per heavy atom. The third-order valence-corrected chi connectivity index (χ3v) is 3.49. The first-order chi connectivity index (χ1) is 11.8. The lowest BCUT2D eigenvalue weighted by molar-refractivity contribution is 0.0947. The third kappa shape index (κ3) is 3.63. The van der Waals surface area contributed by atoms with E-state index in [2.05, 4.69) is 10.3 Å². The molecule has 3 rings (SSSR count). The van der Waals surface area contributed by atoms with E-state index < -0.39 is 0 Å². The number of nitrogens with one attached hydrogen (secondary N) is 1. The molecule has 2 aromatic heterocycles. The zero-order valence-corrected chi connectivity index (χ0v) is 13.4. The highest BCUT2D eigenvalue weighted by Gasteiger charge is 2.11. The van der Waals surface area contributed by atoms with Crippen LogP contribution < -0.4 is 10.1 Å². The molecule has 122 valence electrons. The quantitative estimate of drug-likeness (QED) is 0.752. The fourth-order valence-electron chi connectivity index (χ4n) is 2.37. The summed E-state index contributed by atoms with van der Waals surface area (Å²) in [6.07, 6.45) is 5.07. The molecule has 0 radical (unpaired) electrons. The lowest BCUT2D eigenvalue weighted by Crippen LogP contribution is -2.23. The molecule has 24 heavy (non-hydrogen) atoms. The Hall–Kier alpha value is -3.08. The minimum absolute atomic E-state index is 0.178. The van der Waals surface area contributed by atoms with Crippen LogP contribution in [-0.2, 0) is 6.54 Å². The van der Waals surface area contributed by atoms with E-state index in [0.717, 1.165) is 16.9 Å². The molecule has 3 aromatic rings. The zero-order chi connectivity index (χ0) is 16.8. The Bertz CT molecular complexity index is 813. The molecule has 1 N–H and O–H groups in total. The van der Waals surface area contributed by atoms with Crippen molar-refractivity contribution in [2.24, 2.45) is 0 Å². The van der Waals surface area contributed by atoms with Crippen LogP contribution in [0.2, 0.25) is 0 Å². The number of ether oxygens (including phenoxy) is 1. The van der Waals surface area contributed by atoms with Gasteiger partial charge < -0.3 is 14.5 Å². The van der Waals surface area contributed by atoms with Crippen molar-refractivity contribution in [2.45, 2.75) is 13.5 Å². The predicted molar refractivity (Wildman–Crippen MR) is 90.7 cm³/mol. The molecule has 1 aromatic carbocycles. The summed E-state index contributed by atoms with van der Waals surface area (Å²) in [4.78, 5) is 16.6. The largest absolute Gasteiger partial charge is 0.493 e. The highest BCUT2D eigenvalue weighted by Crippen LogP contribution is 2.20. The van der Waals surface area contributed by atoms with Gasteiger partial charge in [0.2, 0.25) is 0 Å². The highest BCUT2D eigenvalue weighted by atomic mass is 16.5. The van der Waals surface area contributed by atoms with Gasteiger partial charge in [0, 0.05) is 24.5 Å². The van der Waals surface area contributed by atoms with Crippen molar-refractivity contribution >= 4 is 5.91 Å². The molecule has 2 heterocycles. The summed E-state index contributed by atoms with van der Waals surface area (Å²) in [6, 6.07) is 12.8. The number of rotatable bonds is 6. The van der Waals surface area contributed by atoms with Crippen molar-refractivity contribution in [1.29, 1.82) is 0 Å². The van der Waals surface area contributed by atoms with Crippen LogP contribution in [0.1, 0.15) is 22.8 Å². The summed E-state index contributed by atoms with van der Waals surface area (Å²) >= 11 is 0. The normalized spacial score (nSPS) is 10.4. The molecule has 0 spiro atoms. The van der Waals surface area contributed by atoms with E-state index in [1.165, 1.54) is 0 Å². The Balaban J connectivity index is 1.70. The molecule has 0 saturated carbocycles. The maximum absolute atomic E-state index is 12.4. The summed E-state index contributed by atoms with van der Waals surface area (Å²) < 4.78 is 10.9. The van der Waals surface area contributed by atoms with Gasteiger partial charge in [-0.3, -0.25) is 9.78 Å². The van der Waals surface area contributed by atoms with Gasteiger partial charge in [-0.05, 0) is 42.8 Å². The molecule has 5 nitrogen and oxygen atoms in total. The minimum atomic E-state index is -0.178. The predicted octanol–water partition coefficient (Wildman–Crippen LogP) is 3.67. The van der Waals surface area contributed by atoms with Gasteiger partial charge in [0.15, 0.2) is 0 Å². The number of aromatic nitrogens is 1. The number of hydrogen-bond donors (Lipinski definition) is 1. The molecule has 0 bridgehead atoms. The van der Waals surface area contributed by atoms with Crippen LogP contribution in [0.4, 0.5) is 0 Å². The number of carbonyl (C=O) groups is 1. The molecular formula is C19H18N2O3. The molecule has 5 heteroatoms. The smallest absolute Gasteiger partial charge is 0.255 e. The molecule has 0 saturated heterocycles. The van der Waals surface area contributed by atoms with Crippen molar-refractivity contribution in [3.05, 3.63) is 72.2 Å². The maximum Gasteiger partial charge on any atom is 0.255 e. The fourth-order valence-corrected chi connectivity index (χ4v) is 2.37. The number of amides is 1.